The number of nitrogens with zero attached hydrogens (tertiary/aromatic N) is 2. The molecule has 7 heteroatoms. The molecule has 0 amide bonds. The SMILES string of the molecule is CN=C(NCCc1ncc(C)s1)NCC(C)(C)c1cccc(F)c1.I. The van der Waals surface area contributed by atoms with Crippen molar-refractivity contribution in [2.24, 2.45) is 4.99 Å². The first-order chi connectivity index (χ1) is 11.4. The summed E-state index contributed by atoms with van der Waals surface area (Å²) < 4.78 is 13.4. The topological polar surface area (TPSA) is 49.3 Å². The molecule has 0 fully saturated rings. The van der Waals surface area contributed by atoms with Gasteiger partial charge < -0.3 is 10.6 Å². The molecule has 1 aromatic carbocycles. The van der Waals surface area contributed by atoms with E-state index in [1.54, 1.807) is 30.5 Å². The zero-order valence-electron chi connectivity index (χ0n) is 15.1. The van der Waals surface area contributed by atoms with Gasteiger partial charge >= 0.3 is 0 Å². The quantitative estimate of drug-likeness (QED) is 0.378. The van der Waals surface area contributed by atoms with Gasteiger partial charge in [0.25, 0.3) is 0 Å². The monoisotopic (exact) mass is 476 g/mol. The molecule has 0 bridgehead atoms. The molecule has 2 N–H and O–H groups in total. The number of benzene rings is 1. The number of hydrogen-bond donors (Lipinski definition) is 2. The Bertz CT molecular complexity index is 700. The molecule has 1 aromatic heterocycles. The minimum Gasteiger partial charge on any atom is -0.356 e. The summed E-state index contributed by atoms with van der Waals surface area (Å²) in [6, 6.07) is 6.75. The predicted octanol–water partition coefficient (Wildman–Crippen LogP) is 3.89. The summed E-state index contributed by atoms with van der Waals surface area (Å²) in [5, 5.41) is 7.73. The summed E-state index contributed by atoms with van der Waals surface area (Å²) in [4.78, 5) is 9.82. The fourth-order valence-corrected chi connectivity index (χ4v) is 3.13. The van der Waals surface area contributed by atoms with E-state index >= 15 is 0 Å². The van der Waals surface area contributed by atoms with Gasteiger partial charge in [-0.3, -0.25) is 4.99 Å². The number of aromatic nitrogens is 1. The summed E-state index contributed by atoms with van der Waals surface area (Å²) in [5.74, 6) is 0.537. The molecule has 138 valence electrons. The molecule has 0 aliphatic carbocycles. The number of aliphatic imine (C=N–C) groups is 1. The largest absolute Gasteiger partial charge is 0.356 e. The Kier molecular flexibility index (Phi) is 8.78. The molecule has 1 heterocycles. The number of nitrogens with one attached hydrogen (secondary N) is 2. The van der Waals surface area contributed by atoms with Crippen molar-refractivity contribution in [2.45, 2.75) is 32.6 Å². The van der Waals surface area contributed by atoms with Crippen molar-refractivity contribution in [3.63, 3.8) is 0 Å². The van der Waals surface area contributed by atoms with E-state index in [0.29, 0.717) is 6.54 Å². The normalized spacial score (nSPS) is 11.8. The second-order valence-corrected chi connectivity index (χ2v) is 7.68. The fourth-order valence-electron chi connectivity index (χ4n) is 2.34. The van der Waals surface area contributed by atoms with Gasteiger partial charge in [0, 0.05) is 43.0 Å². The zero-order chi connectivity index (χ0) is 17.6. The van der Waals surface area contributed by atoms with Crippen LogP contribution in [0, 0.1) is 12.7 Å². The Hall–Kier alpha value is -1.22. The van der Waals surface area contributed by atoms with Gasteiger partial charge in [-0.2, -0.15) is 0 Å². The van der Waals surface area contributed by atoms with Gasteiger partial charge in [0.1, 0.15) is 5.82 Å². The molecule has 25 heavy (non-hydrogen) atoms. The van der Waals surface area contributed by atoms with Gasteiger partial charge in [-0.15, -0.1) is 35.3 Å². The van der Waals surface area contributed by atoms with Crippen molar-refractivity contribution in [2.75, 3.05) is 20.1 Å². The Morgan fingerprint density at radius 3 is 2.68 bits per heavy atom. The van der Waals surface area contributed by atoms with Crippen LogP contribution in [0.4, 0.5) is 4.39 Å². The van der Waals surface area contributed by atoms with E-state index in [2.05, 4.69) is 41.4 Å². The third-order valence-electron chi connectivity index (χ3n) is 3.83. The van der Waals surface area contributed by atoms with Crippen LogP contribution in [0.15, 0.2) is 35.5 Å². The first-order valence-corrected chi connectivity index (χ1v) is 8.84. The summed E-state index contributed by atoms with van der Waals surface area (Å²) in [5.41, 5.74) is 0.760. The first kappa shape index (κ1) is 21.8. The van der Waals surface area contributed by atoms with Gasteiger partial charge in [-0.1, -0.05) is 26.0 Å². The van der Waals surface area contributed by atoms with Crippen LogP contribution in [-0.4, -0.2) is 31.1 Å². The summed E-state index contributed by atoms with van der Waals surface area (Å²) >= 11 is 1.72. The summed E-state index contributed by atoms with van der Waals surface area (Å²) in [6.07, 6.45) is 2.76. The molecule has 0 spiro atoms. The van der Waals surface area contributed by atoms with Gasteiger partial charge in [-0.05, 0) is 24.6 Å². The van der Waals surface area contributed by atoms with E-state index < -0.39 is 0 Å². The molecule has 0 atom stereocenters. The molecule has 0 saturated heterocycles. The number of guanidine groups is 1. The lowest BCUT2D eigenvalue weighted by molar-refractivity contribution is 0.503. The Morgan fingerprint density at radius 1 is 1.32 bits per heavy atom. The van der Waals surface area contributed by atoms with E-state index in [1.165, 1.54) is 10.9 Å². The van der Waals surface area contributed by atoms with Crippen molar-refractivity contribution in [3.05, 3.63) is 51.7 Å². The van der Waals surface area contributed by atoms with Gasteiger partial charge in [-0.25, -0.2) is 9.37 Å². The van der Waals surface area contributed by atoms with Crippen molar-refractivity contribution in [1.82, 2.24) is 15.6 Å². The predicted molar refractivity (Wildman–Crippen MR) is 115 cm³/mol. The molecule has 4 nitrogen and oxygen atoms in total. The standard InChI is InChI=1S/C18H25FN4S.HI/c1-13-11-22-16(24-13)8-9-21-17(20-4)23-12-18(2,3)14-6-5-7-15(19)10-14;/h5-7,10-11H,8-9,12H2,1-4H3,(H2,20,21,23);1H. The van der Waals surface area contributed by atoms with E-state index in [-0.39, 0.29) is 35.2 Å². The van der Waals surface area contributed by atoms with E-state index in [1.807, 2.05) is 12.3 Å². The molecule has 0 aliphatic rings. The second-order valence-electron chi connectivity index (χ2n) is 6.36. The lowest BCUT2D eigenvalue weighted by Crippen LogP contribution is -2.44. The lowest BCUT2D eigenvalue weighted by Gasteiger charge is -2.26. The maximum absolute atomic E-state index is 13.4. The molecule has 0 unspecified atom stereocenters. The van der Waals surface area contributed by atoms with Crippen LogP contribution in [0.1, 0.15) is 29.3 Å². The fraction of sp³-hybridized carbons (Fsp3) is 0.444. The van der Waals surface area contributed by atoms with Crippen LogP contribution < -0.4 is 10.6 Å². The first-order valence-electron chi connectivity index (χ1n) is 8.02. The Labute approximate surface area is 170 Å². The molecular formula is C18H26FIN4S. The molecule has 0 aliphatic heterocycles. The summed E-state index contributed by atoms with van der Waals surface area (Å²) in [7, 11) is 1.75. The minimum atomic E-state index is -0.207. The molecular weight excluding hydrogens is 450 g/mol. The van der Waals surface area contributed by atoms with Crippen molar-refractivity contribution < 1.29 is 4.39 Å². The minimum absolute atomic E-state index is 0. The molecule has 0 radical (unpaired) electrons. The molecule has 2 aromatic rings. The van der Waals surface area contributed by atoms with Gasteiger partial charge in [0.2, 0.25) is 0 Å². The van der Waals surface area contributed by atoms with E-state index in [9.17, 15) is 4.39 Å². The van der Waals surface area contributed by atoms with Gasteiger partial charge in [0.05, 0.1) is 5.01 Å². The van der Waals surface area contributed by atoms with E-state index in [4.69, 9.17) is 0 Å². The highest BCUT2D eigenvalue weighted by molar-refractivity contribution is 14.0. The van der Waals surface area contributed by atoms with E-state index in [0.717, 1.165) is 29.5 Å². The Morgan fingerprint density at radius 2 is 2.08 bits per heavy atom. The number of rotatable bonds is 6. The smallest absolute Gasteiger partial charge is 0.191 e. The van der Waals surface area contributed by atoms with Crippen molar-refractivity contribution in [3.8, 4) is 0 Å². The third-order valence-corrected chi connectivity index (χ3v) is 4.80. The van der Waals surface area contributed by atoms with Crippen LogP contribution in [0.2, 0.25) is 0 Å². The Balaban J connectivity index is 0.00000312. The highest BCUT2D eigenvalue weighted by atomic mass is 127. The maximum atomic E-state index is 13.4. The van der Waals surface area contributed by atoms with Crippen molar-refractivity contribution in [1.29, 1.82) is 0 Å². The van der Waals surface area contributed by atoms with Crippen molar-refractivity contribution >= 4 is 41.3 Å². The number of hydrogen-bond acceptors (Lipinski definition) is 3. The number of thiazole rings is 1. The van der Waals surface area contributed by atoms with Crippen LogP contribution in [0.5, 0.6) is 0 Å². The van der Waals surface area contributed by atoms with Crippen LogP contribution >= 0.6 is 35.3 Å². The zero-order valence-corrected chi connectivity index (χ0v) is 18.2. The maximum Gasteiger partial charge on any atom is 0.191 e. The van der Waals surface area contributed by atoms with Crippen LogP contribution in [-0.2, 0) is 11.8 Å². The molecule has 2 rings (SSSR count). The average Bonchev–Trinajstić information content (AvgIpc) is 2.96. The lowest BCUT2D eigenvalue weighted by atomic mass is 9.84. The second kappa shape index (κ2) is 10.1. The summed E-state index contributed by atoms with van der Waals surface area (Å²) in [6.45, 7) is 7.66. The van der Waals surface area contributed by atoms with Gasteiger partial charge in [0.15, 0.2) is 5.96 Å². The highest BCUT2D eigenvalue weighted by Gasteiger charge is 2.21. The van der Waals surface area contributed by atoms with Crippen LogP contribution in [0.25, 0.3) is 0 Å². The number of halogens is 2. The highest BCUT2D eigenvalue weighted by Crippen LogP contribution is 2.22. The van der Waals surface area contributed by atoms with Crippen LogP contribution in [0.3, 0.4) is 0 Å². The molecule has 0 saturated carbocycles. The average molecular weight is 476 g/mol. The third kappa shape index (κ3) is 6.89. The number of aryl methyl sites for hydroxylation is 1.